The number of piperidine rings is 1. The molecule has 0 unspecified atom stereocenters. The van der Waals surface area contributed by atoms with Gasteiger partial charge >= 0.3 is 0 Å². The Balaban J connectivity index is 1.55. The van der Waals surface area contributed by atoms with Crippen LogP contribution in [0, 0.1) is 5.92 Å². The molecule has 29 heavy (non-hydrogen) atoms. The fourth-order valence-electron chi connectivity index (χ4n) is 3.95. The number of pyridine rings is 1. The van der Waals surface area contributed by atoms with Gasteiger partial charge in [-0.15, -0.1) is 0 Å². The van der Waals surface area contributed by atoms with Crippen molar-refractivity contribution < 1.29 is 9.53 Å². The van der Waals surface area contributed by atoms with Crippen LogP contribution < -0.4 is 15.0 Å². The maximum absolute atomic E-state index is 13.1. The Hall–Kier alpha value is -3.02. The molecule has 1 N–H and O–H groups in total. The van der Waals surface area contributed by atoms with Gasteiger partial charge in [-0.05, 0) is 61.6 Å². The minimum atomic E-state index is -0.165. The number of imidazole rings is 1. The number of methoxy groups -OCH3 is 1. The Labute approximate surface area is 171 Å². The van der Waals surface area contributed by atoms with Crippen LogP contribution in [0.25, 0.3) is 5.65 Å². The second-order valence-corrected chi connectivity index (χ2v) is 7.70. The molecule has 3 heterocycles. The van der Waals surface area contributed by atoms with E-state index in [2.05, 4.69) is 34.3 Å². The molecule has 6 nitrogen and oxygen atoms in total. The van der Waals surface area contributed by atoms with Crippen molar-refractivity contribution in [2.24, 2.45) is 5.92 Å². The smallest absolute Gasteiger partial charge is 0.274 e. The van der Waals surface area contributed by atoms with E-state index in [4.69, 9.17) is 4.74 Å². The number of ether oxygens (including phenoxy) is 1. The number of carbonyl (C=O) groups is 1. The Kier molecular flexibility index (Phi) is 5.43. The van der Waals surface area contributed by atoms with Gasteiger partial charge in [-0.1, -0.05) is 13.8 Å². The quantitative estimate of drug-likeness (QED) is 0.699. The number of fused-ring (bicyclic) bond motifs is 1. The first-order chi connectivity index (χ1) is 14.1. The lowest BCUT2D eigenvalue weighted by Crippen LogP contribution is -2.32. The number of carbonyl (C=O) groups excluding carboxylic acids is 1. The van der Waals surface area contributed by atoms with Gasteiger partial charge in [0, 0.05) is 30.7 Å². The number of benzene rings is 1. The first kappa shape index (κ1) is 19.3. The maximum atomic E-state index is 13.1. The molecule has 0 aliphatic carbocycles. The first-order valence-corrected chi connectivity index (χ1v) is 10.3. The third-order valence-corrected chi connectivity index (χ3v) is 5.73. The standard InChI is InChI=1S/C23H28N4O2/c1-4-19-21(27-13-5-6-20(29-3)22(27)25-19)23(28)24-17-7-9-18(10-8-17)26-14-11-16(2)12-15-26/h5-10,13,16H,4,11-12,14-15H2,1-3H3,(H,24,28). The van der Waals surface area contributed by atoms with E-state index in [1.165, 1.54) is 18.5 Å². The van der Waals surface area contributed by atoms with E-state index in [9.17, 15) is 4.79 Å². The average molecular weight is 393 g/mol. The molecule has 1 fully saturated rings. The molecular formula is C23H28N4O2. The van der Waals surface area contributed by atoms with E-state index in [0.717, 1.165) is 30.4 Å². The summed E-state index contributed by atoms with van der Waals surface area (Å²) in [4.78, 5) is 20.1. The van der Waals surface area contributed by atoms with Gasteiger partial charge in [-0.3, -0.25) is 9.20 Å². The molecule has 1 saturated heterocycles. The fraction of sp³-hybridized carbons (Fsp3) is 0.391. The summed E-state index contributed by atoms with van der Waals surface area (Å²) < 4.78 is 7.20. The third kappa shape index (κ3) is 3.79. The molecule has 0 spiro atoms. The van der Waals surface area contributed by atoms with E-state index >= 15 is 0 Å². The summed E-state index contributed by atoms with van der Waals surface area (Å²) in [5.74, 6) is 1.30. The predicted molar refractivity (Wildman–Crippen MR) is 116 cm³/mol. The van der Waals surface area contributed by atoms with Gasteiger partial charge in [0.15, 0.2) is 11.4 Å². The minimum absolute atomic E-state index is 0.165. The Morgan fingerprint density at radius 2 is 1.93 bits per heavy atom. The van der Waals surface area contributed by atoms with Gasteiger partial charge < -0.3 is 15.0 Å². The van der Waals surface area contributed by atoms with Crippen molar-refractivity contribution in [3.05, 3.63) is 54.0 Å². The van der Waals surface area contributed by atoms with Gasteiger partial charge in [-0.2, -0.15) is 0 Å². The van der Waals surface area contributed by atoms with Crippen LogP contribution in [-0.4, -0.2) is 35.5 Å². The summed E-state index contributed by atoms with van der Waals surface area (Å²) in [7, 11) is 1.61. The summed E-state index contributed by atoms with van der Waals surface area (Å²) in [6.45, 7) is 6.50. The second kappa shape index (κ2) is 8.15. The molecule has 2 aromatic heterocycles. The number of hydrogen-bond acceptors (Lipinski definition) is 4. The van der Waals surface area contributed by atoms with Crippen LogP contribution in [0.1, 0.15) is 42.9 Å². The number of rotatable bonds is 5. The van der Waals surface area contributed by atoms with Gasteiger partial charge in [0.2, 0.25) is 0 Å². The van der Waals surface area contributed by atoms with Crippen LogP contribution in [0.4, 0.5) is 11.4 Å². The molecule has 4 rings (SSSR count). The molecule has 152 valence electrons. The number of hydrogen-bond donors (Lipinski definition) is 1. The molecule has 0 bridgehead atoms. The van der Waals surface area contributed by atoms with Gasteiger partial charge in [-0.25, -0.2) is 4.98 Å². The molecule has 3 aromatic rings. The molecular weight excluding hydrogens is 364 g/mol. The van der Waals surface area contributed by atoms with E-state index < -0.39 is 0 Å². The highest BCUT2D eigenvalue weighted by molar-refractivity contribution is 6.04. The summed E-state index contributed by atoms with van der Waals surface area (Å²) >= 11 is 0. The van der Waals surface area contributed by atoms with Crippen molar-refractivity contribution in [3.63, 3.8) is 0 Å². The highest BCUT2D eigenvalue weighted by Crippen LogP contribution is 2.26. The topological polar surface area (TPSA) is 58.9 Å². The van der Waals surface area contributed by atoms with Crippen LogP contribution in [0.15, 0.2) is 42.6 Å². The molecule has 1 aliphatic rings. The predicted octanol–water partition coefficient (Wildman–Crippen LogP) is 4.39. The zero-order valence-corrected chi connectivity index (χ0v) is 17.3. The van der Waals surface area contributed by atoms with Crippen molar-refractivity contribution in [2.45, 2.75) is 33.1 Å². The molecule has 1 amide bonds. The average Bonchev–Trinajstić information content (AvgIpc) is 3.14. The van der Waals surface area contributed by atoms with Crippen LogP contribution in [0.5, 0.6) is 5.75 Å². The van der Waals surface area contributed by atoms with E-state index in [1.807, 2.05) is 37.4 Å². The number of nitrogens with one attached hydrogen (secondary N) is 1. The van der Waals surface area contributed by atoms with Crippen LogP contribution in [0.3, 0.4) is 0 Å². The summed E-state index contributed by atoms with van der Waals surface area (Å²) in [6, 6.07) is 11.8. The lowest BCUT2D eigenvalue weighted by molar-refractivity contribution is 0.102. The zero-order chi connectivity index (χ0) is 20.4. The van der Waals surface area contributed by atoms with Gasteiger partial charge in [0.05, 0.1) is 12.8 Å². The number of amides is 1. The molecule has 0 saturated carbocycles. The van der Waals surface area contributed by atoms with E-state index in [1.54, 1.807) is 11.5 Å². The second-order valence-electron chi connectivity index (χ2n) is 7.70. The van der Waals surface area contributed by atoms with Crippen molar-refractivity contribution in [2.75, 3.05) is 30.4 Å². The minimum Gasteiger partial charge on any atom is -0.493 e. The lowest BCUT2D eigenvalue weighted by atomic mass is 9.99. The highest BCUT2D eigenvalue weighted by atomic mass is 16.5. The van der Waals surface area contributed by atoms with E-state index in [0.29, 0.717) is 23.5 Å². The summed E-state index contributed by atoms with van der Waals surface area (Å²) in [5, 5.41) is 3.03. The van der Waals surface area contributed by atoms with E-state index in [-0.39, 0.29) is 5.91 Å². The van der Waals surface area contributed by atoms with Crippen molar-refractivity contribution in [1.29, 1.82) is 0 Å². The first-order valence-electron chi connectivity index (χ1n) is 10.3. The SMILES string of the molecule is CCc1nc2c(OC)cccn2c1C(=O)Nc1ccc(N2CCC(C)CC2)cc1. The Morgan fingerprint density at radius 1 is 1.21 bits per heavy atom. The molecule has 1 aromatic carbocycles. The number of anilines is 2. The third-order valence-electron chi connectivity index (χ3n) is 5.73. The maximum Gasteiger partial charge on any atom is 0.274 e. The number of aryl methyl sites for hydroxylation is 1. The largest absolute Gasteiger partial charge is 0.493 e. The number of aromatic nitrogens is 2. The van der Waals surface area contributed by atoms with Crippen LogP contribution in [0.2, 0.25) is 0 Å². The Morgan fingerprint density at radius 3 is 2.59 bits per heavy atom. The molecule has 1 aliphatic heterocycles. The van der Waals surface area contributed by atoms with Gasteiger partial charge in [0.1, 0.15) is 5.69 Å². The van der Waals surface area contributed by atoms with Crippen LogP contribution in [-0.2, 0) is 6.42 Å². The van der Waals surface area contributed by atoms with Crippen molar-refractivity contribution in [1.82, 2.24) is 9.38 Å². The van der Waals surface area contributed by atoms with Crippen molar-refractivity contribution >= 4 is 22.9 Å². The Bertz CT molecular complexity index is 1000. The normalized spacial score (nSPS) is 14.9. The molecule has 0 radical (unpaired) electrons. The van der Waals surface area contributed by atoms with Crippen LogP contribution >= 0.6 is 0 Å². The summed E-state index contributed by atoms with van der Waals surface area (Å²) in [5.41, 5.74) is 3.96. The van der Waals surface area contributed by atoms with Crippen molar-refractivity contribution in [3.8, 4) is 5.75 Å². The van der Waals surface area contributed by atoms with Gasteiger partial charge in [0.25, 0.3) is 5.91 Å². The highest BCUT2D eigenvalue weighted by Gasteiger charge is 2.21. The monoisotopic (exact) mass is 392 g/mol. The molecule has 0 atom stereocenters. The molecule has 6 heteroatoms. The zero-order valence-electron chi connectivity index (χ0n) is 17.3. The lowest BCUT2D eigenvalue weighted by Gasteiger charge is -2.32. The fourth-order valence-corrected chi connectivity index (χ4v) is 3.95. The summed E-state index contributed by atoms with van der Waals surface area (Å²) in [6.07, 6.45) is 4.98. The number of nitrogens with zero attached hydrogens (tertiary/aromatic N) is 3.